The highest BCUT2D eigenvalue weighted by Gasteiger charge is 2.37. The fraction of sp³-hybridized carbons (Fsp3) is 0.375. The first-order valence-electron chi connectivity index (χ1n) is 11.0. The van der Waals surface area contributed by atoms with Crippen LogP contribution in [0.4, 0.5) is 11.4 Å². The van der Waals surface area contributed by atoms with Crippen LogP contribution in [0.1, 0.15) is 19.8 Å². The Balaban J connectivity index is 1.18. The predicted molar refractivity (Wildman–Crippen MR) is 119 cm³/mol. The fourth-order valence-electron chi connectivity index (χ4n) is 4.45. The molecule has 1 fully saturated rings. The zero-order valence-corrected chi connectivity index (χ0v) is 18.3. The summed E-state index contributed by atoms with van der Waals surface area (Å²) in [5.74, 6) is 1.23. The monoisotopic (exact) mass is 451 g/mol. The summed E-state index contributed by atoms with van der Waals surface area (Å²) < 4.78 is 16.6. The Labute approximate surface area is 191 Å². The van der Waals surface area contributed by atoms with Crippen molar-refractivity contribution in [2.75, 3.05) is 36.6 Å². The second-order valence-electron chi connectivity index (χ2n) is 8.36. The van der Waals surface area contributed by atoms with E-state index in [2.05, 4.69) is 5.32 Å². The van der Waals surface area contributed by atoms with Crippen molar-refractivity contribution in [2.24, 2.45) is 5.92 Å². The van der Waals surface area contributed by atoms with Crippen LogP contribution in [-0.2, 0) is 14.4 Å². The van der Waals surface area contributed by atoms with Gasteiger partial charge in [0.25, 0.3) is 5.91 Å². The number of carbonyl (C=O) groups is 3. The van der Waals surface area contributed by atoms with E-state index in [0.29, 0.717) is 54.6 Å². The molecule has 0 aliphatic carbocycles. The average molecular weight is 451 g/mol. The van der Waals surface area contributed by atoms with Crippen molar-refractivity contribution in [1.29, 1.82) is 0 Å². The van der Waals surface area contributed by atoms with E-state index in [-0.39, 0.29) is 37.0 Å². The minimum atomic E-state index is -0.761. The van der Waals surface area contributed by atoms with E-state index in [1.165, 1.54) is 6.92 Å². The lowest BCUT2D eigenvalue weighted by molar-refractivity contribution is -0.141. The number of anilines is 2. The van der Waals surface area contributed by atoms with E-state index < -0.39 is 6.10 Å². The number of ether oxygens (including phenoxy) is 3. The molecule has 3 heterocycles. The summed E-state index contributed by atoms with van der Waals surface area (Å²) in [6.07, 6.45) is 0.354. The highest BCUT2D eigenvalue weighted by molar-refractivity contribution is 5.96. The molecule has 3 amide bonds. The maximum Gasteiger partial charge on any atom is 0.265 e. The molecule has 3 aliphatic rings. The van der Waals surface area contributed by atoms with E-state index >= 15 is 0 Å². The molecule has 2 aromatic carbocycles. The number of amides is 3. The van der Waals surface area contributed by atoms with Crippen molar-refractivity contribution in [3.05, 3.63) is 42.5 Å². The van der Waals surface area contributed by atoms with E-state index in [0.717, 1.165) is 0 Å². The number of fused-ring (bicyclic) bond motifs is 2. The molecule has 0 radical (unpaired) electrons. The molecule has 1 saturated heterocycles. The predicted octanol–water partition coefficient (Wildman–Crippen LogP) is 2.41. The van der Waals surface area contributed by atoms with Crippen molar-refractivity contribution < 1.29 is 28.6 Å². The maximum atomic E-state index is 13.1. The topological polar surface area (TPSA) is 97.4 Å². The van der Waals surface area contributed by atoms with Gasteiger partial charge in [0, 0.05) is 37.7 Å². The zero-order valence-electron chi connectivity index (χ0n) is 18.3. The van der Waals surface area contributed by atoms with Crippen LogP contribution in [0.25, 0.3) is 0 Å². The summed E-state index contributed by atoms with van der Waals surface area (Å²) >= 11 is 0. The molecule has 0 saturated carbocycles. The highest BCUT2D eigenvalue weighted by atomic mass is 16.7. The molecule has 0 spiro atoms. The van der Waals surface area contributed by atoms with Gasteiger partial charge in [-0.25, -0.2) is 0 Å². The van der Waals surface area contributed by atoms with Gasteiger partial charge < -0.3 is 29.3 Å². The number of rotatable bonds is 3. The lowest BCUT2D eigenvalue weighted by Gasteiger charge is -2.38. The first kappa shape index (κ1) is 21.1. The van der Waals surface area contributed by atoms with E-state index in [1.807, 2.05) is 18.2 Å². The smallest absolute Gasteiger partial charge is 0.265 e. The summed E-state index contributed by atoms with van der Waals surface area (Å²) in [7, 11) is 0. The lowest BCUT2D eigenvalue weighted by atomic mass is 9.95. The van der Waals surface area contributed by atoms with Gasteiger partial charge in [-0.05, 0) is 37.1 Å². The van der Waals surface area contributed by atoms with Crippen LogP contribution in [0.15, 0.2) is 42.5 Å². The van der Waals surface area contributed by atoms with Crippen molar-refractivity contribution in [1.82, 2.24) is 4.90 Å². The molecule has 0 unspecified atom stereocenters. The summed E-state index contributed by atoms with van der Waals surface area (Å²) in [6, 6.07) is 12.5. The molecule has 2 aromatic rings. The summed E-state index contributed by atoms with van der Waals surface area (Å²) in [4.78, 5) is 41.3. The molecule has 33 heavy (non-hydrogen) atoms. The normalized spacial score (nSPS) is 19.5. The van der Waals surface area contributed by atoms with Crippen LogP contribution in [-0.4, -0.2) is 55.2 Å². The van der Waals surface area contributed by atoms with Crippen LogP contribution >= 0.6 is 0 Å². The molecule has 1 N–H and O–H groups in total. The minimum absolute atomic E-state index is 0.0773. The maximum absolute atomic E-state index is 13.1. The first-order chi connectivity index (χ1) is 16.0. The first-order valence-corrected chi connectivity index (χ1v) is 11.0. The van der Waals surface area contributed by atoms with Crippen LogP contribution in [0.2, 0.25) is 0 Å². The Morgan fingerprint density at radius 3 is 2.52 bits per heavy atom. The number of hydrogen-bond acceptors (Lipinski definition) is 6. The van der Waals surface area contributed by atoms with Gasteiger partial charge in [0.15, 0.2) is 17.6 Å². The van der Waals surface area contributed by atoms with Gasteiger partial charge in [-0.15, -0.1) is 0 Å². The molecule has 0 aromatic heterocycles. The molecule has 3 aliphatic heterocycles. The van der Waals surface area contributed by atoms with Crippen molar-refractivity contribution >= 4 is 29.1 Å². The van der Waals surface area contributed by atoms with Crippen LogP contribution in [0.5, 0.6) is 17.2 Å². The summed E-state index contributed by atoms with van der Waals surface area (Å²) in [6.45, 7) is 2.75. The Hall–Kier alpha value is -3.75. The number of benzene rings is 2. The molecule has 9 nitrogen and oxygen atoms in total. The molecule has 1 atom stereocenters. The number of nitrogens with one attached hydrogen (secondary N) is 1. The average Bonchev–Trinajstić information content (AvgIpc) is 3.31. The number of piperidine rings is 1. The largest absolute Gasteiger partial charge is 0.476 e. The van der Waals surface area contributed by atoms with Gasteiger partial charge in [0.2, 0.25) is 18.6 Å². The number of nitrogens with zero attached hydrogens (tertiary/aromatic N) is 2. The van der Waals surface area contributed by atoms with Crippen molar-refractivity contribution in [3.8, 4) is 17.2 Å². The van der Waals surface area contributed by atoms with Crippen LogP contribution < -0.4 is 24.4 Å². The second-order valence-corrected chi connectivity index (χ2v) is 8.36. The Morgan fingerprint density at radius 2 is 1.73 bits per heavy atom. The quantitative estimate of drug-likeness (QED) is 0.770. The third kappa shape index (κ3) is 4.18. The highest BCUT2D eigenvalue weighted by Crippen LogP contribution is 2.35. The third-order valence-corrected chi connectivity index (χ3v) is 6.25. The SMILES string of the molecule is CC(=O)N1C[C@H](C(=O)N2CCC(C(=O)Nc3ccc4c(c3)OCO4)CC2)Oc2ccccc21. The lowest BCUT2D eigenvalue weighted by Crippen LogP contribution is -2.53. The Bertz CT molecular complexity index is 1100. The third-order valence-electron chi connectivity index (χ3n) is 6.25. The van der Waals surface area contributed by atoms with Crippen molar-refractivity contribution in [2.45, 2.75) is 25.9 Å². The van der Waals surface area contributed by atoms with E-state index in [1.54, 1.807) is 34.1 Å². The van der Waals surface area contributed by atoms with Gasteiger partial charge in [0.05, 0.1) is 12.2 Å². The Kier molecular flexibility index (Phi) is 5.53. The van der Waals surface area contributed by atoms with Gasteiger partial charge in [0.1, 0.15) is 5.75 Å². The van der Waals surface area contributed by atoms with Crippen LogP contribution in [0.3, 0.4) is 0 Å². The molecule has 172 valence electrons. The molecule has 0 bridgehead atoms. The standard InChI is InChI=1S/C24H25N3O6/c1-15(28)27-13-22(33-19-5-3-2-4-18(19)27)24(30)26-10-8-16(9-11-26)23(29)25-17-6-7-20-21(12-17)32-14-31-20/h2-7,12,16,22H,8-11,13-14H2,1H3,(H,25,29)/t22-/m1/s1. The minimum Gasteiger partial charge on any atom is -0.476 e. The summed E-state index contributed by atoms with van der Waals surface area (Å²) in [5.41, 5.74) is 1.33. The number of hydrogen-bond donors (Lipinski definition) is 1. The number of carbonyl (C=O) groups excluding carboxylic acids is 3. The fourth-order valence-corrected chi connectivity index (χ4v) is 4.45. The molecular weight excluding hydrogens is 426 g/mol. The van der Waals surface area contributed by atoms with Gasteiger partial charge in [-0.2, -0.15) is 0 Å². The van der Waals surface area contributed by atoms with Crippen molar-refractivity contribution in [3.63, 3.8) is 0 Å². The zero-order chi connectivity index (χ0) is 22.9. The molecule has 9 heteroatoms. The van der Waals surface area contributed by atoms with E-state index in [9.17, 15) is 14.4 Å². The number of likely N-dealkylation sites (tertiary alicyclic amines) is 1. The van der Waals surface area contributed by atoms with Gasteiger partial charge in [-0.3, -0.25) is 14.4 Å². The number of para-hydroxylation sites is 2. The van der Waals surface area contributed by atoms with Gasteiger partial charge >= 0.3 is 0 Å². The van der Waals surface area contributed by atoms with E-state index in [4.69, 9.17) is 14.2 Å². The molecule has 5 rings (SSSR count). The van der Waals surface area contributed by atoms with Gasteiger partial charge in [-0.1, -0.05) is 12.1 Å². The summed E-state index contributed by atoms with van der Waals surface area (Å²) in [5, 5.41) is 2.93. The second kappa shape index (κ2) is 8.65. The van der Waals surface area contributed by atoms with Crippen LogP contribution in [0, 0.1) is 5.92 Å². The Morgan fingerprint density at radius 1 is 0.970 bits per heavy atom. The molecular formula is C24H25N3O6.